The molecule has 1 atom stereocenters. The van der Waals surface area contributed by atoms with Crippen molar-refractivity contribution in [3.8, 4) is 0 Å². The number of aryl methyl sites for hydroxylation is 1. The first-order chi connectivity index (χ1) is 8.97. The third kappa shape index (κ3) is 3.53. The molecule has 1 heterocycles. The summed E-state index contributed by atoms with van der Waals surface area (Å²) in [7, 11) is 0. The van der Waals surface area contributed by atoms with Crippen LogP contribution in [0.15, 0.2) is 30.5 Å². The Morgan fingerprint density at radius 3 is 2.58 bits per heavy atom. The molecule has 0 aliphatic heterocycles. The highest BCUT2D eigenvalue weighted by atomic mass is 35.5. The first-order valence-electron chi connectivity index (χ1n) is 5.81. The van der Waals surface area contributed by atoms with Gasteiger partial charge < -0.3 is 5.32 Å². The summed E-state index contributed by atoms with van der Waals surface area (Å²) in [6, 6.07) is 7.40. The Bertz CT molecular complexity index is 599. The zero-order valence-electron chi connectivity index (χ0n) is 10.5. The number of halogens is 3. The van der Waals surface area contributed by atoms with Crippen LogP contribution in [0, 0.1) is 6.92 Å². The minimum absolute atomic E-state index is 0.0218. The number of aromatic nitrogens is 1. The minimum atomic E-state index is 0.0218. The molecule has 5 heteroatoms. The number of hydrogen-bond donors (Lipinski definition) is 1. The fraction of sp³-hybridized carbons (Fsp3) is 0.214. The van der Waals surface area contributed by atoms with Crippen molar-refractivity contribution in [1.29, 1.82) is 0 Å². The summed E-state index contributed by atoms with van der Waals surface area (Å²) < 4.78 is 0. The molecule has 2 nitrogen and oxygen atoms in total. The van der Waals surface area contributed by atoms with E-state index >= 15 is 0 Å². The van der Waals surface area contributed by atoms with Crippen molar-refractivity contribution in [3.63, 3.8) is 0 Å². The van der Waals surface area contributed by atoms with E-state index in [0.29, 0.717) is 15.2 Å². The molecule has 1 unspecified atom stereocenters. The normalized spacial score (nSPS) is 12.3. The Hall–Kier alpha value is -0.960. The summed E-state index contributed by atoms with van der Waals surface area (Å²) in [5.74, 6) is 0. The Morgan fingerprint density at radius 2 is 1.89 bits per heavy atom. The van der Waals surface area contributed by atoms with Gasteiger partial charge in [-0.15, -0.1) is 0 Å². The highest BCUT2D eigenvalue weighted by Crippen LogP contribution is 2.29. The topological polar surface area (TPSA) is 24.9 Å². The Balaban J connectivity index is 2.22. The van der Waals surface area contributed by atoms with Crippen LogP contribution in [0.25, 0.3) is 0 Å². The quantitative estimate of drug-likeness (QED) is 0.754. The number of nitrogens with one attached hydrogen (secondary N) is 1. The molecular weight excluding hydrogens is 303 g/mol. The number of anilines is 1. The van der Waals surface area contributed by atoms with Crippen molar-refractivity contribution in [3.05, 3.63) is 56.8 Å². The summed E-state index contributed by atoms with van der Waals surface area (Å²) in [5.41, 5.74) is 2.77. The average Bonchev–Trinajstić information content (AvgIpc) is 2.36. The maximum absolute atomic E-state index is 6.18. The van der Waals surface area contributed by atoms with Gasteiger partial charge >= 0.3 is 0 Å². The van der Waals surface area contributed by atoms with Gasteiger partial charge in [-0.3, -0.25) is 0 Å². The molecule has 0 saturated carbocycles. The molecule has 2 aromatic rings. The monoisotopic (exact) mass is 314 g/mol. The van der Waals surface area contributed by atoms with E-state index in [0.717, 1.165) is 16.8 Å². The van der Waals surface area contributed by atoms with Crippen molar-refractivity contribution in [2.75, 3.05) is 5.32 Å². The van der Waals surface area contributed by atoms with Crippen LogP contribution >= 0.6 is 34.8 Å². The van der Waals surface area contributed by atoms with Crippen LogP contribution in [0.2, 0.25) is 15.2 Å². The van der Waals surface area contributed by atoms with Crippen molar-refractivity contribution >= 4 is 40.5 Å². The Kier molecular flexibility index (Phi) is 4.56. The summed E-state index contributed by atoms with van der Waals surface area (Å²) >= 11 is 18.1. The van der Waals surface area contributed by atoms with E-state index in [1.54, 1.807) is 18.3 Å². The third-order valence-electron chi connectivity index (χ3n) is 2.82. The fourth-order valence-corrected chi connectivity index (χ4v) is 2.38. The second-order valence-corrected chi connectivity index (χ2v) is 5.57. The molecule has 19 heavy (non-hydrogen) atoms. The molecule has 1 aromatic carbocycles. The summed E-state index contributed by atoms with van der Waals surface area (Å²) in [6.07, 6.45) is 1.70. The van der Waals surface area contributed by atoms with Crippen LogP contribution in [-0.4, -0.2) is 4.98 Å². The molecular formula is C14H13Cl3N2. The Labute approximate surface area is 127 Å². The van der Waals surface area contributed by atoms with Crippen molar-refractivity contribution in [2.24, 2.45) is 0 Å². The summed E-state index contributed by atoms with van der Waals surface area (Å²) in [5, 5.41) is 5.19. The van der Waals surface area contributed by atoms with E-state index in [-0.39, 0.29) is 6.04 Å². The number of benzene rings is 1. The second kappa shape index (κ2) is 6.00. The summed E-state index contributed by atoms with van der Waals surface area (Å²) in [6.45, 7) is 3.93. The molecule has 0 bridgehead atoms. The van der Waals surface area contributed by atoms with E-state index in [1.165, 1.54) is 0 Å². The molecule has 1 N–H and O–H groups in total. The van der Waals surface area contributed by atoms with Gasteiger partial charge in [0.1, 0.15) is 5.15 Å². The van der Waals surface area contributed by atoms with Gasteiger partial charge in [-0.25, -0.2) is 4.98 Å². The molecule has 0 spiro atoms. The van der Waals surface area contributed by atoms with E-state index in [2.05, 4.69) is 10.3 Å². The number of pyridine rings is 1. The molecule has 0 saturated heterocycles. The lowest BCUT2D eigenvalue weighted by atomic mass is 10.1. The van der Waals surface area contributed by atoms with Gasteiger partial charge in [-0.05, 0) is 49.2 Å². The SMILES string of the molecule is Cc1cc(NC(C)c2cc(Cl)ccc2Cl)cnc1Cl. The maximum atomic E-state index is 6.18. The van der Waals surface area contributed by atoms with Crippen LogP contribution in [0.1, 0.15) is 24.1 Å². The van der Waals surface area contributed by atoms with Crippen LogP contribution in [0.3, 0.4) is 0 Å². The van der Waals surface area contributed by atoms with Crippen LogP contribution in [-0.2, 0) is 0 Å². The summed E-state index contributed by atoms with van der Waals surface area (Å²) in [4.78, 5) is 4.11. The molecule has 0 aliphatic carbocycles. The van der Waals surface area contributed by atoms with Gasteiger partial charge in [0, 0.05) is 10.0 Å². The van der Waals surface area contributed by atoms with Gasteiger partial charge in [0.05, 0.1) is 17.9 Å². The Morgan fingerprint density at radius 1 is 1.16 bits per heavy atom. The molecule has 2 rings (SSSR count). The molecule has 100 valence electrons. The maximum Gasteiger partial charge on any atom is 0.132 e. The predicted molar refractivity (Wildman–Crippen MR) is 82.5 cm³/mol. The third-order valence-corrected chi connectivity index (χ3v) is 3.80. The van der Waals surface area contributed by atoms with E-state index in [1.807, 2.05) is 26.0 Å². The van der Waals surface area contributed by atoms with Crippen molar-refractivity contribution in [2.45, 2.75) is 19.9 Å². The molecule has 0 aliphatic rings. The second-order valence-electron chi connectivity index (χ2n) is 4.36. The fourth-order valence-electron chi connectivity index (χ4n) is 1.81. The number of hydrogen-bond acceptors (Lipinski definition) is 2. The lowest BCUT2D eigenvalue weighted by Crippen LogP contribution is -2.07. The van der Waals surface area contributed by atoms with Gasteiger partial charge in [-0.2, -0.15) is 0 Å². The van der Waals surface area contributed by atoms with Gasteiger partial charge in [0.25, 0.3) is 0 Å². The number of rotatable bonds is 3. The van der Waals surface area contributed by atoms with Crippen molar-refractivity contribution < 1.29 is 0 Å². The van der Waals surface area contributed by atoms with E-state index in [9.17, 15) is 0 Å². The first-order valence-corrected chi connectivity index (χ1v) is 6.94. The van der Waals surface area contributed by atoms with E-state index in [4.69, 9.17) is 34.8 Å². The van der Waals surface area contributed by atoms with Crippen LogP contribution in [0.5, 0.6) is 0 Å². The molecule has 1 aromatic heterocycles. The molecule has 0 radical (unpaired) electrons. The highest BCUT2D eigenvalue weighted by molar-refractivity contribution is 6.33. The lowest BCUT2D eigenvalue weighted by Gasteiger charge is -2.17. The van der Waals surface area contributed by atoms with Gasteiger partial charge in [0.15, 0.2) is 0 Å². The van der Waals surface area contributed by atoms with Crippen LogP contribution in [0.4, 0.5) is 5.69 Å². The van der Waals surface area contributed by atoms with Gasteiger partial charge in [-0.1, -0.05) is 34.8 Å². The highest BCUT2D eigenvalue weighted by Gasteiger charge is 2.11. The first kappa shape index (κ1) is 14.4. The number of nitrogens with zero attached hydrogens (tertiary/aromatic N) is 1. The molecule has 0 amide bonds. The zero-order valence-corrected chi connectivity index (χ0v) is 12.8. The smallest absolute Gasteiger partial charge is 0.132 e. The van der Waals surface area contributed by atoms with Gasteiger partial charge in [0.2, 0.25) is 0 Å². The minimum Gasteiger partial charge on any atom is -0.377 e. The largest absolute Gasteiger partial charge is 0.377 e. The standard InChI is InChI=1S/C14H13Cl3N2/c1-8-5-11(7-18-14(8)17)19-9(2)12-6-10(15)3-4-13(12)16/h3-7,9,19H,1-2H3. The predicted octanol–water partition coefficient (Wildman–Crippen LogP) is 5.52. The average molecular weight is 316 g/mol. The zero-order chi connectivity index (χ0) is 14.0. The molecule has 0 fully saturated rings. The van der Waals surface area contributed by atoms with Crippen LogP contribution < -0.4 is 5.32 Å². The van der Waals surface area contributed by atoms with E-state index < -0.39 is 0 Å². The lowest BCUT2D eigenvalue weighted by molar-refractivity contribution is 0.882. The van der Waals surface area contributed by atoms with Crippen molar-refractivity contribution in [1.82, 2.24) is 4.98 Å².